The summed E-state index contributed by atoms with van der Waals surface area (Å²) < 4.78 is 5.27. The summed E-state index contributed by atoms with van der Waals surface area (Å²) in [5.74, 6) is 0.923. The molecule has 0 amide bonds. The van der Waals surface area contributed by atoms with Gasteiger partial charge in [-0.3, -0.25) is 0 Å². The molecular formula is C14H21NO. The SMILES string of the molecule is CCCCNCC=Cc1ccccc1OC. The molecule has 0 unspecified atom stereocenters. The molecule has 2 heteroatoms. The van der Waals surface area contributed by atoms with Crippen LogP contribution in [0.2, 0.25) is 0 Å². The van der Waals surface area contributed by atoms with Gasteiger partial charge in [0.05, 0.1) is 7.11 Å². The van der Waals surface area contributed by atoms with Crippen molar-refractivity contribution in [3.8, 4) is 5.75 Å². The van der Waals surface area contributed by atoms with Gasteiger partial charge in [-0.2, -0.15) is 0 Å². The first-order valence-electron chi connectivity index (χ1n) is 5.88. The zero-order valence-corrected chi connectivity index (χ0v) is 10.2. The molecular weight excluding hydrogens is 198 g/mol. The van der Waals surface area contributed by atoms with Crippen LogP contribution in [-0.2, 0) is 0 Å². The molecule has 1 aromatic carbocycles. The predicted molar refractivity (Wildman–Crippen MR) is 69.8 cm³/mol. The van der Waals surface area contributed by atoms with E-state index in [1.165, 1.54) is 12.8 Å². The topological polar surface area (TPSA) is 21.3 Å². The molecule has 88 valence electrons. The normalized spacial score (nSPS) is 10.9. The molecule has 1 N–H and O–H groups in total. The molecule has 0 atom stereocenters. The quantitative estimate of drug-likeness (QED) is 0.711. The van der Waals surface area contributed by atoms with E-state index in [9.17, 15) is 0 Å². The Morgan fingerprint density at radius 2 is 2.12 bits per heavy atom. The smallest absolute Gasteiger partial charge is 0.126 e. The monoisotopic (exact) mass is 219 g/mol. The van der Waals surface area contributed by atoms with Crippen LogP contribution >= 0.6 is 0 Å². The molecule has 0 aliphatic rings. The van der Waals surface area contributed by atoms with Crippen LogP contribution in [0.25, 0.3) is 6.08 Å². The Bertz CT molecular complexity index is 320. The van der Waals surface area contributed by atoms with Crippen LogP contribution < -0.4 is 10.1 Å². The predicted octanol–water partition coefficient (Wildman–Crippen LogP) is 3.10. The number of benzene rings is 1. The maximum atomic E-state index is 5.27. The minimum Gasteiger partial charge on any atom is -0.496 e. The molecule has 0 radical (unpaired) electrons. The summed E-state index contributed by atoms with van der Waals surface area (Å²) in [6.45, 7) is 4.21. The van der Waals surface area contributed by atoms with E-state index >= 15 is 0 Å². The highest BCUT2D eigenvalue weighted by atomic mass is 16.5. The zero-order valence-electron chi connectivity index (χ0n) is 10.2. The van der Waals surface area contributed by atoms with Crippen molar-refractivity contribution in [3.63, 3.8) is 0 Å². The average Bonchev–Trinajstić information content (AvgIpc) is 2.34. The van der Waals surface area contributed by atoms with Crippen molar-refractivity contribution in [2.24, 2.45) is 0 Å². The van der Waals surface area contributed by atoms with Crippen molar-refractivity contribution < 1.29 is 4.74 Å². The number of nitrogens with one attached hydrogen (secondary N) is 1. The van der Waals surface area contributed by atoms with Crippen LogP contribution in [0.4, 0.5) is 0 Å². The molecule has 1 rings (SSSR count). The molecule has 0 spiro atoms. The Labute approximate surface area is 98.3 Å². The molecule has 16 heavy (non-hydrogen) atoms. The standard InChI is InChI=1S/C14H21NO/c1-3-4-11-15-12-7-9-13-8-5-6-10-14(13)16-2/h5-10,15H,3-4,11-12H2,1-2H3. The van der Waals surface area contributed by atoms with E-state index in [2.05, 4.69) is 30.5 Å². The van der Waals surface area contributed by atoms with Gasteiger partial charge in [-0.25, -0.2) is 0 Å². The molecule has 0 saturated heterocycles. The lowest BCUT2D eigenvalue weighted by Gasteiger charge is -2.03. The Morgan fingerprint density at radius 3 is 2.88 bits per heavy atom. The molecule has 2 nitrogen and oxygen atoms in total. The summed E-state index contributed by atoms with van der Waals surface area (Å²) in [6.07, 6.45) is 6.71. The van der Waals surface area contributed by atoms with Gasteiger partial charge in [-0.05, 0) is 19.0 Å². The summed E-state index contributed by atoms with van der Waals surface area (Å²) in [4.78, 5) is 0. The van der Waals surface area contributed by atoms with E-state index in [0.717, 1.165) is 24.4 Å². The van der Waals surface area contributed by atoms with Crippen LogP contribution in [-0.4, -0.2) is 20.2 Å². The molecule has 0 heterocycles. The van der Waals surface area contributed by atoms with Gasteiger partial charge in [0.25, 0.3) is 0 Å². The molecule has 1 aromatic rings. The Kier molecular flexibility index (Phi) is 6.35. The number of para-hydroxylation sites is 1. The van der Waals surface area contributed by atoms with Crippen molar-refractivity contribution in [2.45, 2.75) is 19.8 Å². The Morgan fingerprint density at radius 1 is 1.31 bits per heavy atom. The van der Waals surface area contributed by atoms with Gasteiger partial charge in [0.2, 0.25) is 0 Å². The van der Waals surface area contributed by atoms with Crippen LogP contribution in [0.1, 0.15) is 25.3 Å². The van der Waals surface area contributed by atoms with Crippen LogP contribution in [0.3, 0.4) is 0 Å². The number of unbranched alkanes of at least 4 members (excludes halogenated alkanes) is 1. The Hall–Kier alpha value is -1.28. The second-order valence-corrected chi connectivity index (χ2v) is 3.70. The van der Waals surface area contributed by atoms with Crippen molar-refractivity contribution in [3.05, 3.63) is 35.9 Å². The number of hydrogen-bond acceptors (Lipinski definition) is 2. The molecule has 0 aliphatic heterocycles. The van der Waals surface area contributed by atoms with Gasteiger partial charge < -0.3 is 10.1 Å². The van der Waals surface area contributed by atoms with Crippen molar-refractivity contribution in [1.29, 1.82) is 0 Å². The van der Waals surface area contributed by atoms with E-state index in [1.54, 1.807) is 7.11 Å². The van der Waals surface area contributed by atoms with Crippen molar-refractivity contribution >= 4 is 6.08 Å². The van der Waals surface area contributed by atoms with Crippen LogP contribution in [0.5, 0.6) is 5.75 Å². The first kappa shape index (κ1) is 12.8. The van der Waals surface area contributed by atoms with E-state index in [4.69, 9.17) is 4.74 Å². The van der Waals surface area contributed by atoms with Gasteiger partial charge in [-0.15, -0.1) is 0 Å². The molecule has 0 aromatic heterocycles. The average molecular weight is 219 g/mol. The summed E-state index contributed by atoms with van der Waals surface area (Å²) in [5, 5.41) is 3.37. The van der Waals surface area contributed by atoms with E-state index in [0.29, 0.717) is 0 Å². The minimum atomic E-state index is 0.915. The van der Waals surface area contributed by atoms with Gasteiger partial charge in [0.15, 0.2) is 0 Å². The lowest BCUT2D eigenvalue weighted by molar-refractivity contribution is 0.414. The van der Waals surface area contributed by atoms with Gasteiger partial charge >= 0.3 is 0 Å². The summed E-state index contributed by atoms with van der Waals surface area (Å²) in [5.41, 5.74) is 1.13. The van der Waals surface area contributed by atoms with Gasteiger partial charge in [0.1, 0.15) is 5.75 Å². The van der Waals surface area contributed by atoms with Crippen molar-refractivity contribution in [2.75, 3.05) is 20.2 Å². The lowest BCUT2D eigenvalue weighted by Crippen LogP contribution is -2.14. The van der Waals surface area contributed by atoms with E-state index < -0.39 is 0 Å². The fourth-order valence-corrected chi connectivity index (χ4v) is 1.48. The van der Waals surface area contributed by atoms with Gasteiger partial charge in [-0.1, -0.05) is 43.7 Å². The fraction of sp³-hybridized carbons (Fsp3) is 0.429. The number of rotatable bonds is 7. The summed E-state index contributed by atoms with van der Waals surface area (Å²) in [6, 6.07) is 8.04. The van der Waals surface area contributed by atoms with E-state index in [1.807, 2.05) is 18.2 Å². The fourth-order valence-electron chi connectivity index (χ4n) is 1.48. The van der Waals surface area contributed by atoms with Gasteiger partial charge in [0, 0.05) is 12.1 Å². The maximum absolute atomic E-state index is 5.27. The number of hydrogen-bond donors (Lipinski definition) is 1. The Balaban J connectivity index is 2.37. The van der Waals surface area contributed by atoms with Crippen LogP contribution in [0.15, 0.2) is 30.3 Å². The first-order valence-corrected chi connectivity index (χ1v) is 5.88. The van der Waals surface area contributed by atoms with Crippen molar-refractivity contribution in [1.82, 2.24) is 5.32 Å². The molecule has 0 fully saturated rings. The zero-order chi connectivity index (χ0) is 11.6. The summed E-state index contributed by atoms with van der Waals surface area (Å²) in [7, 11) is 1.70. The largest absolute Gasteiger partial charge is 0.496 e. The highest BCUT2D eigenvalue weighted by Gasteiger charge is 1.95. The second-order valence-electron chi connectivity index (χ2n) is 3.70. The number of ether oxygens (including phenoxy) is 1. The highest BCUT2D eigenvalue weighted by molar-refractivity contribution is 5.57. The molecule has 0 aliphatic carbocycles. The van der Waals surface area contributed by atoms with E-state index in [-0.39, 0.29) is 0 Å². The first-order chi connectivity index (χ1) is 7.88. The third-order valence-electron chi connectivity index (χ3n) is 2.41. The third kappa shape index (κ3) is 4.49. The molecule has 0 saturated carbocycles. The highest BCUT2D eigenvalue weighted by Crippen LogP contribution is 2.18. The minimum absolute atomic E-state index is 0.915. The lowest BCUT2D eigenvalue weighted by atomic mass is 10.2. The number of methoxy groups -OCH3 is 1. The second kappa shape index (κ2) is 7.94. The maximum Gasteiger partial charge on any atom is 0.126 e. The third-order valence-corrected chi connectivity index (χ3v) is 2.41. The molecule has 0 bridgehead atoms. The van der Waals surface area contributed by atoms with Crippen LogP contribution in [0, 0.1) is 0 Å². The summed E-state index contributed by atoms with van der Waals surface area (Å²) >= 11 is 0.